The van der Waals surface area contributed by atoms with E-state index in [1.807, 2.05) is 24.3 Å². The minimum absolute atomic E-state index is 0.516. The Bertz CT molecular complexity index is 685. The zero-order valence-corrected chi connectivity index (χ0v) is 14.1. The number of rotatable bonds is 4. The molecule has 4 heteroatoms. The van der Waals surface area contributed by atoms with Gasteiger partial charge in [0.15, 0.2) is 0 Å². The van der Waals surface area contributed by atoms with Crippen molar-refractivity contribution in [3.05, 3.63) is 59.7 Å². The maximum atomic E-state index is 12.7. The summed E-state index contributed by atoms with van der Waals surface area (Å²) in [6, 6.07) is 12.6. The molecule has 1 N–H and O–H groups in total. The normalized spacial score (nSPS) is 17.4. The van der Waals surface area contributed by atoms with Crippen LogP contribution in [0.3, 0.4) is 0 Å². The maximum absolute atomic E-state index is 12.7. The van der Waals surface area contributed by atoms with Crippen LogP contribution in [0.1, 0.15) is 55.8 Å². The minimum atomic E-state index is -4.32. The number of alkyl halides is 3. The number of aliphatic hydroxyl groups is 1. The Labute approximate surface area is 146 Å². The van der Waals surface area contributed by atoms with Crippen molar-refractivity contribution >= 4 is 0 Å². The number of benzene rings is 2. The average molecular weight is 348 g/mol. The molecule has 25 heavy (non-hydrogen) atoms. The molecule has 3 rings (SSSR count). The predicted octanol–water partition coefficient (Wildman–Crippen LogP) is 6.38. The van der Waals surface area contributed by atoms with Gasteiger partial charge in [0, 0.05) is 0 Å². The van der Waals surface area contributed by atoms with Crippen molar-refractivity contribution in [3.8, 4) is 11.1 Å². The Hall–Kier alpha value is -1.81. The van der Waals surface area contributed by atoms with Crippen molar-refractivity contribution in [1.29, 1.82) is 0 Å². The molecule has 1 nitrogen and oxygen atoms in total. The van der Waals surface area contributed by atoms with E-state index in [1.165, 1.54) is 44.2 Å². The number of halogens is 3. The maximum Gasteiger partial charge on any atom is 0.416 e. The smallest absolute Gasteiger partial charge is 0.388 e. The lowest BCUT2D eigenvalue weighted by Gasteiger charge is -2.24. The largest absolute Gasteiger partial charge is 0.416 e. The van der Waals surface area contributed by atoms with E-state index in [0.29, 0.717) is 5.92 Å². The van der Waals surface area contributed by atoms with E-state index in [9.17, 15) is 18.3 Å². The third kappa shape index (κ3) is 4.63. The molecule has 0 amide bonds. The molecule has 0 spiro atoms. The van der Waals surface area contributed by atoms with E-state index in [0.717, 1.165) is 35.2 Å². The summed E-state index contributed by atoms with van der Waals surface area (Å²) in [6.07, 6.45) is 2.04. The van der Waals surface area contributed by atoms with Crippen LogP contribution in [0, 0.1) is 5.92 Å². The highest BCUT2D eigenvalue weighted by atomic mass is 19.4. The monoisotopic (exact) mass is 348 g/mol. The highest BCUT2D eigenvalue weighted by molar-refractivity contribution is 5.64. The Kier molecular flexibility index (Phi) is 5.48. The van der Waals surface area contributed by atoms with Crippen molar-refractivity contribution < 1.29 is 18.3 Å². The predicted molar refractivity (Wildman–Crippen MR) is 93.0 cm³/mol. The Balaban J connectivity index is 1.74. The first-order valence-corrected chi connectivity index (χ1v) is 8.89. The average Bonchev–Trinajstić information content (AvgIpc) is 2.62. The molecule has 0 saturated heterocycles. The third-order valence-corrected chi connectivity index (χ3v) is 5.10. The van der Waals surface area contributed by atoms with Crippen LogP contribution in [-0.4, -0.2) is 5.11 Å². The van der Waals surface area contributed by atoms with Gasteiger partial charge < -0.3 is 5.11 Å². The third-order valence-electron chi connectivity index (χ3n) is 5.10. The molecule has 134 valence electrons. The highest BCUT2D eigenvalue weighted by Gasteiger charge is 2.30. The molecule has 0 heterocycles. The first-order chi connectivity index (χ1) is 11.9. The van der Waals surface area contributed by atoms with E-state index < -0.39 is 17.8 Å². The first kappa shape index (κ1) is 18.0. The standard InChI is InChI=1S/C21H23F3O/c22-21(23,24)19-11-9-16(10-12-19)17-7-4-8-18(14-17)20(25)13-15-5-2-1-3-6-15/h4,7-12,14-15,20,25H,1-3,5-6,13H2. The Morgan fingerprint density at radius 1 is 0.920 bits per heavy atom. The van der Waals surface area contributed by atoms with Crippen molar-refractivity contribution in [2.75, 3.05) is 0 Å². The molecule has 1 saturated carbocycles. The van der Waals surface area contributed by atoms with Gasteiger partial charge in [0.2, 0.25) is 0 Å². The second-order valence-corrected chi connectivity index (χ2v) is 6.96. The van der Waals surface area contributed by atoms with Crippen molar-refractivity contribution in [3.63, 3.8) is 0 Å². The molecule has 2 aromatic rings. The fraction of sp³-hybridized carbons (Fsp3) is 0.429. The van der Waals surface area contributed by atoms with Gasteiger partial charge in [-0.3, -0.25) is 0 Å². The fourth-order valence-electron chi connectivity index (χ4n) is 3.65. The molecule has 1 unspecified atom stereocenters. The molecular weight excluding hydrogens is 325 g/mol. The van der Waals surface area contributed by atoms with Crippen LogP contribution in [0.25, 0.3) is 11.1 Å². The van der Waals surface area contributed by atoms with Gasteiger partial charge in [0.1, 0.15) is 0 Å². The topological polar surface area (TPSA) is 20.2 Å². The van der Waals surface area contributed by atoms with Gasteiger partial charge in [-0.25, -0.2) is 0 Å². The zero-order chi connectivity index (χ0) is 17.9. The van der Waals surface area contributed by atoms with Crippen LogP contribution in [-0.2, 0) is 6.18 Å². The molecule has 1 aliphatic carbocycles. The molecule has 2 aromatic carbocycles. The van der Waals surface area contributed by atoms with E-state index >= 15 is 0 Å². The lowest BCUT2D eigenvalue weighted by molar-refractivity contribution is -0.137. The van der Waals surface area contributed by atoms with Crippen LogP contribution in [0.15, 0.2) is 48.5 Å². The second kappa shape index (κ2) is 7.61. The van der Waals surface area contributed by atoms with E-state index in [1.54, 1.807) is 0 Å². The van der Waals surface area contributed by atoms with Crippen LogP contribution in [0.2, 0.25) is 0 Å². The van der Waals surface area contributed by atoms with Gasteiger partial charge in [-0.15, -0.1) is 0 Å². The van der Waals surface area contributed by atoms with E-state index in [2.05, 4.69) is 0 Å². The molecule has 0 aliphatic heterocycles. The van der Waals surface area contributed by atoms with Crippen molar-refractivity contribution in [1.82, 2.24) is 0 Å². The zero-order valence-electron chi connectivity index (χ0n) is 14.1. The van der Waals surface area contributed by atoms with Crippen molar-refractivity contribution in [2.45, 2.75) is 50.8 Å². The van der Waals surface area contributed by atoms with Crippen molar-refractivity contribution in [2.24, 2.45) is 5.92 Å². The number of aliphatic hydroxyl groups excluding tert-OH is 1. The van der Waals surface area contributed by atoms with Gasteiger partial charge >= 0.3 is 6.18 Å². The SMILES string of the molecule is OC(CC1CCCCC1)c1cccc(-c2ccc(C(F)(F)F)cc2)c1. The molecular formula is C21H23F3O. The fourth-order valence-corrected chi connectivity index (χ4v) is 3.65. The highest BCUT2D eigenvalue weighted by Crippen LogP contribution is 2.34. The van der Waals surface area contributed by atoms with Gasteiger partial charge in [-0.05, 0) is 47.2 Å². The Morgan fingerprint density at radius 2 is 1.60 bits per heavy atom. The minimum Gasteiger partial charge on any atom is -0.388 e. The first-order valence-electron chi connectivity index (χ1n) is 8.89. The van der Waals surface area contributed by atoms with Gasteiger partial charge in [-0.1, -0.05) is 62.4 Å². The van der Waals surface area contributed by atoms with Crippen LogP contribution >= 0.6 is 0 Å². The van der Waals surface area contributed by atoms with Crippen LogP contribution in [0.5, 0.6) is 0 Å². The molecule has 1 fully saturated rings. The van der Waals surface area contributed by atoms with E-state index in [-0.39, 0.29) is 0 Å². The van der Waals surface area contributed by atoms with E-state index in [4.69, 9.17) is 0 Å². The quantitative estimate of drug-likeness (QED) is 0.680. The summed E-state index contributed by atoms with van der Waals surface area (Å²) in [5.41, 5.74) is 1.74. The van der Waals surface area contributed by atoms with Crippen LogP contribution in [0.4, 0.5) is 13.2 Å². The molecule has 1 aliphatic rings. The lowest BCUT2D eigenvalue weighted by Crippen LogP contribution is -2.11. The number of hydrogen-bond donors (Lipinski definition) is 1. The van der Waals surface area contributed by atoms with Gasteiger partial charge in [-0.2, -0.15) is 13.2 Å². The lowest BCUT2D eigenvalue weighted by atomic mass is 9.84. The van der Waals surface area contributed by atoms with Gasteiger partial charge in [0.25, 0.3) is 0 Å². The summed E-state index contributed by atoms with van der Waals surface area (Å²) in [5.74, 6) is 0.568. The molecule has 0 radical (unpaired) electrons. The summed E-state index contributed by atoms with van der Waals surface area (Å²) in [5, 5.41) is 10.5. The summed E-state index contributed by atoms with van der Waals surface area (Å²) < 4.78 is 38.0. The second-order valence-electron chi connectivity index (χ2n) is 6.96. The summed E-state index contributed by atoms with van der Waals surface area (Å²) >= 11 is 0. The van der Waals surface area contributed by atoms with Gasteiger partial charge in [0.05, 0.1) is 11.7 Å². The molecule has 0 aromatic heterocycles. The molecule has 0 bridgehead atoms. The number of hydrogen-bond acceptors (Lipinski definition) is 1. The summed E-state index contributed by atoms with van der Waals surface area (Å²) in [4.78, 5) is 0. The van der Waals surface area contributed by atoms with Crippen LogP contribution < -0.4 is 0 Å². The summed E-state index contributed by atoms with van der Waals surface area (Å²) in [7, 11) is 0. The summed E-state index contributed by atoms with van der Waals surface area (Å²) in [6.45, 7) is 0. The molecule has 1 atom stereocenters. The Morgan fingerprint density at radius 3 is 2.24 bits per heavy atom.